The monoisotopic (exact) mass is 323 g/mol. The molecule has 1 aliphatic heterocycles. The van der Waals surface area contributed by atoms with Crippen molar-refractivity contribution in [2.75, 3.05) is 39.8 Å². The normalized spacial score (nSPS) is 17.5. The van der Waals surface area contributed by atoms with Crippen LogP contribution in [-0.4, -0.2) is 55.7 Å². The number of nitrogens with one attached hydrogen (secondary N) is 1. The van der Waals surface area contributed by atoms with Crippen LogP contribution in [0.15, 0.2) is 18.2 Å². The zero-order valence-corrected chi connectivity index (χ0v) is 14.1. The maximum Gasteiger partial charge on any atom is 0.317 e. The van der Waals surface area contributed by atoms with Crippen LogP contribution in [0, 0.1) is 5.82 Å². The molecule has 1 aromatic rings. The van der Waals surface area contributed by atoms with Crippen molar-refractivity contribution in [1.82, 2.24) is 15.1 Å². The zero-order valence-electron chi connectivity index (χ0n) is 14.1. The third kappa shape index (κ3) is 4.34. The van der Waals surface area contributed by atoms with Crippen molar-refractivity contribution < 1.29 is 13.9 Å². The Labute approximate surface area is 137 Å². The van der Waals surface area contributed by atoms with E-state index in [0.717, 1.165) is 32.6 Å². The molecule has 5 nitrogen and oxygen atoms in total. The van der Waals surface area contributed by atoms with Crippen LogP contribution in [0.4, 0.5) is 9.18 Å². The molecular formula is C17H26FN3O2. The molecule has 1 fully saturated rings. The van der Waals surface area contributed by atoms with Gasteiger partial charge in [0, 0.05) is 19.6 Å². The highest BCUT2D eigenvalue weighted by Crippen LogP contribution is 2.27. The van der Waals surface area contributed by atoms with Gasteiger partial charge in [0.2, 0.25) is 0 Å². The topological polar surface area (TPSA) is 44.8 Å². The smallest absolute Gasteiger partial charge is 0.317 e. The lowest BCUT2D eigenvalue weighted by Crippen LogP contribution is -2.43. The fourth-order valence-corrected chi connectivity index (χ4v) is 2.95. The summed E-state index contributed by atoms with van der Waals surface area (Å²) in [6.07, 6.45) is 0.957. The predicted molar refractivity (Wildman–Crippen MR) is 88.2 cm³/mol. The van der Waals surface area contributed by atoms with Gasteiger partial charge in [0.25, 0.3) is 0 Å². The molecule has 1 atom stereocenters. The lowest BCUT2D eigenvalue weighted by atomic mass is 10.1. The molecule has 2 amide bonds. The molecule has 1 heterocycles. The van der Waals surface area contributed by atoms with E-state index in [2.05, 4.69) is 17.1 Å². The predicted octanol–water partition coefficient (Wildman–Crippen LogP) is 2.63. The number of amides is 2. The molecule has 1 aromatic carbocycles. The van der Waals surface area contributed by atoms with Gasteiger partial charge in [0.1, 0.15) is 11.6 Å². The number of ether oxygens (including phenoxy) is 1. The molecule has 0 bridgehead atoms. The zero-order chi connectivity index (χ0) is 16.8. The summed E-state index contributed by atoms with van der Waals surface area (Å²) < 4.78 is 19.3. The summed E-state index contributed by atoms with van der Waals surface area (Å²) in [7, 11) is 1.50. The minimum atomic E-state index is -0.454. The van der Waals surface area contributed by atoms with Crippen LogP contribution in [0.2, 0.25) is 0 Å². The number of hydrogen-bond acceptors (Lipinski definition) is 3. The Bertz CT molecular complexity index is 539. The number of rotatable bonds is 4. The number of nitrogens with zero attached hydrogens (tertiary/aromatic N) is 2. The molecule has 1 saturated heterocycles. The minimum absolute atomic E-state index is 0.152. The number of carbonyl (C=O) groups is 1. The average Bonchev–Trinajstić information content (AvgIpc) is 2.79. The van der Waals surface area contributed by atoms with Gasteiger partial charge >= 0.3 is 6.03 Å². The van der Waals surface area contributed by atoms with Crippen LogP contribution in [0.3, 0.4) is 0 Å². The van der Waals surface area contributed by atoms with E-state index < -0.39 is 6.04 Å². The van der Waals surface area contributed by atoms with Gasteiger partial charge in [0.05, 0.1) is 18.7 Å². The number of methoxy groups -OCH3 is 1. The molecule has 0 saturated carbocycles. The second-order valence-electron chi connectivity index (χ2n) is 5.80. The molecule has 0 aromatic heterocycles. The van der Waals surface area contributed by atoms with Crippen LogP contribution in [0.5, 0.6) is 5.75 Å². The highest BCUT2D eigenvalue weighted by molar-refractivity contribution is 5.75. The first kappa shape index (κ1) is 17.5. The van der Waals surface area contributed by atoms with E-state index in [9.17, 15) is 9.18 Å². The van der Waals surface area contributed by atoms with Gasteiger partial charge in [0.15, 0.2) is 0 Å². The molecule has 0 unspecified atom stereocenters. The molecule has 0 aliphatic carbocycles. The van der Waals surface area contributed by atoms with Gasteiger partial charge in [-0.25, -0.2) is 9.18 Å². The summed E-state index contributed by atoms with van der Waals surface area (Å²) in [4.78, 5) is 16.6. The van der Waals surface area contributed by atoms with Gasteiger partial charge in [-0.15, -0.1) is 0 Å². The molecule has 0 radical (unpaired) electrons. The largest absolute Gasteiger partial charge is 0.496 e. The number of likely N-dealkylation sites (N-methyl/N-ethyl adjacent to an activating group) is 1. The van der Waals surface area contributed by atoms with E-state index in [4.69, 9.17) is 4.74 Å². The van der Waals surface area contributed by atoms with E-state index in [0.29, 0.717) is 17.9 Å². The van der Waals surface area contributed by atoms with E-state index in [-0.39, 0.29) is 11.8 Å². The lowest BCUT2D eigenvalue weighted by Gasteiger charge is -2.25. The maximum atomic E-state index is 14.1. The Morgan fingerprint density at radius 2 is 2.13 bits per heavy atom. The Kier molecular flexibility index (Phi) is 6.21. The van der Waals surface area contributed by atoms with Crippen LogP contribution in [0.25, 0.3) is 0 Å². The van der Waals surface area contributed by atoms with Crippen LogP contribution in [0.1, 0.15) is 31.9 Å². The van der Waals surface area contributed by atoms with Gasteiger partial charge in [-0.2, -0.15) is 0 Å². The summed E-state index contributed by atoms with van der Waals surface area (Å²) in [6.45, 7) is 8.21. The van der Waals surface area contributed by atoms with Crippen molar-refractivity contribution in [2.24, 2.45) is 0 Å². The van der Waals surface area contributed by atoms with Crippen molar-refractivity contribution >= 4 is 6.03 Å². The second kappa shape index (κ2) is 8.15. The van der Waals surface area contributed by atoms with Crippen molar-refractivity contribution in [3.63, 3.8) is 0 Å². The number of urea groups is 1. The first-order valence-corrected chi connectivity index (χ1v) is 8.17. The van der Waals surface area contributed by atoms with Gasteiger partial charge < -0.3 is 19.9 Å². The lowest BCUT2D eigenvalue weighted by molar-refractivity contribution is 0.195. The first-order chi connectivity index (χ1) is 11.1. The Morgan fingerprint density at radius 1 is 1.35 bits per heavy atom. The minimum Gasteiger partial charge on any atom is -0.496 e. The number of hydrogen-bond donors (Lipinski definition) is 1. The third-order valence-electron chi connectivity index (χ3n) is 4.33. The fourth-order valence-electron chi connectivity index (χ4n) is 2.95. The summed E-state index contributed by atoms with van der Waals surface area (Å²) in [5, 5.41) is 2.89. The van der Waals surface area contributed by atoms with E-state index in [1.165, 1.54) is 13.2 Å². The van der Waals surface area contributed by atoms with Gasteiger partial charge in [-0.05, 0) is 38.6 Å². The molecule has 23 heavy (non-hydrogen) atoms. The summed E-state index contributed by atoms with van der Waals surface area (Å²) in [6, 6.07) is 4.07. The molecule has 6 heteroatoms. The SMILES string of the molecule is CCN1CCCN(C(=O)N[C@H](C)c2c(F)cccc2OC)CC1. The molecule has 0 spiro atoms. The molecule has 2 rings (SSSR count). The highest BCUT2D eigenvalue weighted by Gasteiger charge is 2.23. The Hall–Kier alpha value is -1.82. The number of carbonyl (C=O) groups excluding carboxylic acids is 1. The van der Waals surface area contributed by atoms with Gasteiger partial charge in [-0.3, -0.25) is 0 Å². The Morgan fingerprint density at radius 3 is 2.83 bits per heavy atom. The summed E-state index contributed by atoms with van der Waals surface area (Å²) in [5.74, 6) is 0.0796. The number of halogens is 1. The van der Waals surface area contributed by atoms with Gasteiger partial charge in [-0.1, -0.05) is 13.0 Å². The van der Waals surface area contributed by atoms with Crippen molar-refractivity contribution in [2.45, 2.75) is 26.3 Å². The van der Waals surface area contributed by atoms with E-state index in [1.54, 1.807) is 24.0 Å². The first-order valence-electron chi connectivity index (χ1n) is 8.17. The molecule has 1 N–H and O–H groups in total. The molecule has 128 valence electrons. The van der Waals surface area contributed by atoms with E-state index >= 15 is 0 Å². The standard InChI is InChI=1S/C17H26FN3O2/c1-4-20-9-6-10-21(12-11-20)17(22)19-13(2)16-14(18)7-5-8-15(16)23-3/h5,7-8,13H,4,6,9-12H2,1-3H3,(H,19,22)/t13-/m1/s1. The van der Waals surface area contributed by atoms with Crippen LogP contribution in [-0.2, 0) is 0 Å². The molecule has 1 aliphatic rings. The van der Waals surface area contributed by atoms with Crippen molar-refractivity contribution in [1.29, 1.82) is 0 Å². The van der Waals surface area contributed by atoms with E-state index in [1.807, 2.05) is 0 Å². The third-order valence-corrected chi connectivity index (χ3v) is 4.33. The van der Waals surface area contributed by atoms with Crippen molar-refractivity contribution in [3.05, 3.63) is 29.6 Å². The summed E-state index contributed by atoms with van der Waals surface area (Å²) >= 11 is 0. The molecular weight excluding hydrogens is 297 g/mol. The maximum absolute atomic E-state index is 14.1. The van der Waals surface area contributed by atoms with Crippen LogP contribution < -0.4 is 10.1 Å². The second-order valence-corrected chi connectivity index (χ2v) is 5.80. The summed E-state index contributed by atoms with van der Waals surface area (Å²) in [5.41, 5.74) is 0.383. The highest BCUT2D eigenvalue weighted by atomic mass is 19.1. The quantitative estimate of drug-likeness (QED) is 0.926. The fraction of sp³-hybridized carbons (Fsp3) is 0.588. The Balaban J connectivity index is 2.02. The average molecular weight is 323 g/mol. The van der Waals surface area contributed by atoms with Crippen LogP contribution >= 0.6 is 0 Å². The number of benzene rings is 1. The van der Waals surface area contributed by atoms with Crippen molar-refractivity contribution in [3.8, 4) is 5.75 Å².